The third-order valence-electron chi connectivity index (χ3n) is 4.03. The number of piperidine rings is 1. The molecule has 112 valence electrons. The van der Waals surface area contributed by atoms with Crippen molar-refractivity contribution in [2.75, 3.05) is 19.6 Å². The molecule has 1 fully saturated rings. The number of para-hydroxylation sites is 2. The Hall–Kier alpha value is -2.04. The van der Waals surface area contributed by atoms with Gasteiger partial charge in [0.15, 0.2) is 0 Å². The van der Waals surface area contributed by atoms with Crippen LogP contribution in [0.3, 0.4) is 0 Å². The summed E-state index contributed by atoms with van der Waals surface area (Å²) in [7, 11) is 0. The molecule has 5 nitrogen and oxygen atoms in total. The van der Waals surface area contributed by atoms with Crippen molar-refractivity contribution < 1.29 is 4.79 Å². The van der Waals surface area contributed by atoms with Crippen LogP contribution in [0.15, 0.2) is 24.3 Å². The smallest absolute Gasteiger partial charge is 0.317 e. The number of carbonyl (C=O) groups excluding carboxylic acids is 1. The van der Waals surface area contributed by atoms with E-state index in [9.17, 15) is 4.79 Å². The van der Waals surface area contributed by atoms with Crippen LogP contribution < -0.4 is 5.32 Å². The van der Waals surface area contributed by atoms with Crippen LogP contribution in [0.1, 0.15) is 37.9 Å². The number of carbonyl (C=O) groups is 1. The van der Waals surface area contributed by atoms with Gasteiger partial charge < -0.3 is 15.2 Å². The number of hydrogen-bond acceptors (Lipinski definition) is 2. The van der Waals surface area contributed by atoms with Crippen LogP contribution in [-0.4, -0.2) is 40.5 Å². The van der Waals surface area contributed by atoms with Gasteiger partial charge in [-0.2, -0.15) is 0 Å². The predicted molar refractivity (Wildman–Crippen MR) is 83.3 cm³/mol. The molecule has 0 aliphatic carbocycles. The van der Waals surface area contributed by atoms with E-state index in [0.29, 0.717) is 5.92 Å². The highest BCUT2D eigenvalue weighted by molar-refractivity contribution is 5.75. The number of urea groups is 1. The first-order valence-corrected chi connectivity index (χ1v) is 7.75. The van der Waals surface area contributed by atoms with Crippen molar-refractivity contribution in [2.24, 2.45) is 0 Å². The molecule has 2 N–H and O–H groups in total. The number of imidazole rings is 1. The van der Waals surface area contributed by atoms with Crippen LogP contribution in [0.25, 0.3) is 11.0 Å². The van der Waals surface area contributed by atoms with Crippen LogP contribution in [0.4, 0.5) is 4.79 Å². The molecule has 1 aliphatic heterocycles. The highest BCUT2D eigenvalue weighted by Gasteiger charge is 2.26. The number of rotatable bonds is 3. The molecule has 1 unspecified atom stereocenters. The van der Waals surface area contributed by atoms with Gasteiger partial charge in [-0.25, -0.2) is 9.78 Å². The van der Waals surface area contributed by atoms with Gasteiger partial charge >= 0.3 is 6.03 Å². The molecule has 1 aliphatic rings. The van der Waals surface area contributed by atoms with E-state index in [0.717, 1.165) is 55.8 Å². The summed E-state index contributed by atoms with van der Waals surface area (Å²) in [5, 5.41) is 2.96. The zero-order valence-electron chi connectivity index (χ0n) is 12.4. The molecule has 21 heavy (non-hydrogen) atoms. The average molecular weight is 286 g/mol. The molecule has 5 heteroatoms. The molecule has 2 aromatic rings. The third kappa shape index (κ3) is 3.01. The zero-order chi connectivity index (χ0) is 14.7. The Labute approximate surface area is 124 Å². The third-order valence-corrected chi connectivity index (χ3v) is 4.03. The maximum absolute atomic E-state index is 12.1. The van der Waals surface area contributed by atoms with E-state index in [2.05, 4.69) is 22.2 Å². The number of aromatic nitrogens is 2. The Bertz CT molecular complexity index is 589. The number of benzene rings is 1. The van der Waals surface area contributed by atoms with Gasteiger partial charge in [0, 0.05) is 25.6 Å². The van der Waals surface area contributed by atoms with Crippen LogP contribution in [0, 0.1) is 0 Å². The number of nitrogens with zero attached hydrogens (tertiary/aromatic N) is 2. The minimum atomic E-state index is 0.0534. The Kier molecular flexibility index (Phi) is 4.08. The van der Waals surface area contributed by atoms with E-state index in [1.54, 1.807) is 0 Å². The Morgan fingerprint density at radius 1 is 1.48 bits per heavy atom. The first kappa shape index (κ1) is 13.9. The van der Waals surface area contributed by atoms with Crippen molar-refractivity contribution in [3.8, 4) is 0 Å². The van der Waals surface area contributed by atoms with Crippen molar-refractivity contribution >= 4 is 17.1 Å². The molecule has 0 spiro atoms. The summed E-state index contributed by atoms with van der Waals surface area (Å²) in [6.07, 6.45) is 3.07. The minimum absolute atomic E-state index is 0.0534. The molecule has 0 radical (unpaired) electrons. The second-order valence-electron chi connectivity index (χ2n) is 5.66. The number of H-pyrrole nitrogens is 1. The first-order valence-electron chi connectivity index (χ1n) is 7.75. The van der Waals surface area contributed by atoms with Crippen LogP contribution in [0.5, 0.6) is 0 Å². The summed E-state index contributed by atoms with van der Waals surface area (Å²) in [5.41, 5.74) is 2.07. The largest absolute Gasteiger partial charge is 0.342 e. The topological polar surface area (TPSA) is 61.0 Å². The molecule has 0 bridgehead atoms. The van der Waals surface area contributed by atoms with E-state index in [4.69, 9.17) is 0 Å². The van der Waals surface area contributed by atoms with Crippen molar-refractivity contribution in [1.29, 1.82) is 0 Å². The molecular weight excluding hydrogens is 264 g/mol. The normalized spacial score (nSPS) is 18.9. The molecule has 1 atom stereocenters. The molecule has 3 rings (SSSR count). The number of likely N-dealkylation sites (tertiary alicyclic amines) is 1. The highest BCUT2D eigenvalue weighted by atomic mass is 16.2. The molecule has 0 saturated carbocycles. The van der Waals surface area contributed by atoms with Crippen molar-refractivity contribution in [1.82, 2.24) is 20.2 Å². The lowest BCUT2D eigenvalue weighted by molar-refractivity contribution is 0.178. The molecule has 1 aromatic carbocycles. The van der Waals surface area contributed by atoms with E-state index < -0.39 is 0 Å². The quantitative estimate of drug-likeness (QED) is 0.911. The van der Waals surface area contributed by atoms with E-state index in [1.807, 2.05) is 29.2 Å². The number of fused-ring (bicyclic) bond motifs is 1. The minimum Gasteiger partial charge on any atom is -0.342 e. The monoisotopic (exact) mass is 286 g/mol. The van der Waals surface area contributed by atoms with Crippen molar-refractivity contribution in [3.05, 3.63) is 30.1 Å². The van der Waals surface area contributed by atoms with Gasteiger partial charge in [0.2, 0.25) is 0 Å². The molecule has 1 saturated heterocycles. The molecular formula is C16H22N4O. The summed E-state index contributed by atoms with van der Waals surface area (Å²) >= 11 is 0. The second-order valence-corrected chi connectivity index (χ2v) is 5.66. The lowest BCUT2D eigenvalue weighted by atomic mass is 9.97. The van der Waals surface area contributed by atoms with Crippen molar-refractivity contribution in [2.45, 2.75) is 32.1 Å². The summed E-state index contributed by atoms with van der Waals surface area (Å²) in [5.74, 6) is 1.31. The lowest BCUT2D eigenvalue weighted by Gasteiger charge is -2.31. The van der Waals surface area contributed by atoms with Crippen LogP contribution >= 0.6 is 0 Å². The van der Waals surface area contributed by atoms with Gasteiger partial charge in [0.05, 0.1) is 11.0 Å². The maximum Gasteiger partial charge on any atom is 0.317 e. The standard InChI is InChI=1S/C16H22N4O/c1-2-9-17-16(21)20-10-5-6-12(11-20)15-18-13-7-3-4-8-14(13)19-15/h3-4,7-8,12H,2,5-6,9-11H2,1H3,(H,17,21)(H,18,19). The Morgan fingerprint density at radius 3 is 3.14 bits per heavy atom. The SMILES string of the molecule is CCCNC(=O)N1CCCC(c2nc3ccccc3[nH]2)C1. The Balaban J connectivity index is 1.72. The second kappa shape index (κ2) is 6.16. The highest BCUT2D eigenvalue weighted by Crippen LogP contribution is 2.26. The Morgan fingerprint density at radius 2 is 2.33 bits per heavy atom. The van der Waals surface area contributed by atoms with Gasteiger partial charge in [-0.1, -0.05) is 19.1 Å². The number of aromatic amines is 1. The van der Waals surface area contributed by atoms with E-state index in [-0.39, 0.29) is 6.03 Å². The van der Waals surface area contributed by atoms with Crippen molar-refractivity contribution in [3.63, 3.8) is 0 Å². The van der Waals surface area contributed by atoms with E-state index >= 15 is 0 Å². The lowest BCUT2D eigenvalue weighted by Crippen LogP contribution is -2.45. The number of amides is 2. The first-order chi connectivity index (χ1) is 10.3. The average Bonchev–Trinajstić information content (AvgIpc) is 2.97. The fourth-order valence-electron chi connectivity index (χ4n) is 2.89. The van der Waals surface area contributed by atoms with Gasteiger partial charge in [-0.3, -0.25) is 0 Å². The fraction of sp³-hybridized carbons (Fsp3) is 0.500. The number of nitrogens with one attached hydrogen (secondary N) is 2. The van der Waals surface area contributed by atoms with Gasteiger partial charge in [-0.15, -0.1) is 0 Å². The molecule has 2 amide bonds. The van der Waals surface area contributed by atoms with Crippen LogP contribution in [0.2, 0.25) is 0 Å². The summed E-state index contributed by atoms with van der Waals surface area (Å²) in [4.78, 5) is 22.1. The summed E-state index contributed by atoms with van der Waals surface area (Å²) in [6, 6.07) is 8.12. The van der Waals surface area contributed by atoms with Gasteiger partial charge in [-0.05, 0) is 31.4 Å². The van der Waals surface area contributed by atoms with Crippen LogP contribution in [-0.2, 0) is 0 Å². The summed E-state index contributed by atoms with van der Waals surface area (Å²) in [6.45, 7) is 4.39. The molecule has 2 heterocycles. The fourth-order valence-corrected chi connectivity index (χ4v) is 2.89. The maximum atomic E-state index is 12.1. The number of hydrogen-bond donors (Lipinski definition) is 2. The van der Waals surface area contributed by atoms with E-state index in [1.165, 1.54) is 0 Å². The zero-order valence-corrected chi connectivity index (χ0v) is 12.4. The van der Waals surface area contributed by atoms with Gasteiger partial charge in [0.1, 0.15) is 5.82 Å². The molecule has 1 aromatic heterocycles. The van der Waals surface area contributed by atoms with Gasteiger partial charge in [0.25, 0.3) is 0 Å². The summed E-state index contributed by atoms with van der Waals surface area (Å²) < 4.78 is 0. The predicted octanol–water partition coefficient (Wildman–Crippen LogP) is 2.86.